The van der Waals surface area contributed by atoms with E-state index in [1.807, 2.05) is 42.2 Å². The number of thiophene rings is 1. The summed E-state index contributed by atoms with van der Waals surface area (Å²) in [5.74, 6) is 0.754. The van der Waals surface area contributed by atoms with Gasteiger partial charge in [0, 0.05) is 37.6 Å². The molecule has 31 heavy (non-hydrogen) atoms. The molecule has 1 aliphatic carbocycles. The van der Waals surface area contributed by atoms with E-state index < -0.39 is 5.92 Å². The molecule has 2 heterocycles. The van der Waals surface area contributed by atoms with Crippen LogP contribution in [0, 0.1) is 23.7 Å². The van der Waals surface area contributed by atoms with Gasteiger partial charge in [0.1, 0.15) is 11.6 Å². The minimum absolute atomic E-state index is 0.0807. The van der Waals surface area contributed by atoms with Crippen molar-refractivity contribution < 1.29 is 9.53 Å². The Hall–Kier alpha value is -2.56. The molecule has 1 unspecified atom stereocenters. The highest BCUT2D eigenvalue weighted by molar-refractivity contribution is 9.10. The third kappa shape index (κ3) is 3.68. The number of rotatable bonds is 3. The van der Waals surface area contributed by atoms with Crippen LogP contribution in [0.1, 0.15) is 42.4 Å². The van der Waals surface area contributed by atoms with E-state index in [9.17, 15) is 10.1 Å². The molecule has 2 aliphatic rings. The minimum Gasteiger partial charge on any atom is -0.497 e. The molecule has 5 nitrogen and oxygen atoms in total. The second-order valence-corrected chi connectivity index (χ2v) is 10.9. The largest absolute Gasteiger partial charge is 0.497 e. The van der Waals surface area contributed by atoms with Crippen molar-refractivity contribution in [3.63, 3.8) is 0 Å². The average molecular weight is 498 g/mol. The van der Waals surface area contributed by atoms with E-state index >= 15 is 0 Å². The first-order chi connectivity index (χ1) is 14.7. The molecule has 0 radical (unpaired) electrons. The van der Waals surface area contributed by atoms with Gasteiger partial charge in [-0.15, -0.1) is 11.3 Å². The van der Waals surface area contributed by atoms with E-state index in [2.05, 4.69) is 35.8 Å². The van der Waals surface area contributed by atoms with E-state index in [4.69, 9.17) is 10.5 Å². The van der Waals surface area contributed by atoms with Gasteiger partial charge in [0.2, 0.25) is 0 Å². The summed E-state index contributed by atoms with van der Waals surface area (Å²) >= 11 is 5.17. The van der Waals surface area contributed by atoms with Gasteiger partial charge in [-0.2, -0.15) is 5.26 Å². The van der Waals surface area contributed by atoms with Crippen LogP contribution in [0.4, 0.5) is 5.69 Å². The van der Waals surface area contributed by atoms with Crippen molar-refractivity contribution in [2.75, 3.05) is 12.0 Å². The summed E-state index contributed by atoms with van der Waals surface area (Å²) in [6, 6.07) is 11.9. The molecule has 0 saturated carbocycles. The number of ether oxygens (including phenoxy) is 1. The number of allylic oxidation sites excluding steroid dienone is 3. The number of benzene rings is 1. The van der Waals surface area contributed by atoms with Gasteiger partial charge < -0.3 is 10.5 Å². The zero-order valence-electron chi connectivity index (χ0n) is 18.0. The zero-order chi connectivity index (χ0) is 22.5. The van der Waals surface area contributed by atoms with Crippen LogP contribution in [0.5, 0.6) is 5.75 Å². The van der Waals surface area contributed by atoms with Gasteiger partial charge in [0.25, 0.3) is 0 Å². The average Bonchev–Trinajstić information content (AvgIpc) is 3.04. The van der Waals surface area contributed by atoms with Crippen LogP contribution in [0.25, 0.3) is 0 Å². The molecule has 2 N–H and O–H groups in total. The van der Waals surface area contributed by atoms with E-state index in [0.29, 0.717) is 29.8 Å². The maximum absolute atomic E-state index is 13.5. The number of Topliss-reactive ketones (excluding diaryl/α,β-unsaturated/α-hetero) is 1. The number of ketones is 1. The Morgan fingerprint density at radius 2 is 1.97 bits per heavy atom. The number of hydrogen-bond donors (Lipinski definition) is 1. The maximum Gasteiger partial charge on any atom is 0.162 e. The summed E-state index contributed by atoms with van der Waals surface area (Å²) < 4.78 is 6.27. The lowest BCUT2D eigenvalue weighted by molar-refractivity contribution is -0.118. The van der Waals surface area contributed by atoms with Crippen molar-refractivity contribution in [1.82, 2.24) is 0 Å². The highest BCUT2D eigenvalue weighted by Gasteiger charge is 2.45. The van der Waals surface area contributed by atoms with Crippen molar-refractivity contribution in [3.05, 3.63) is 67.2 Å². The fraction of sp³-hybridized carbons (Fsp3) is 0.333. The summed E-state index contributed by atoms with van der Waals surface area (Å²) in [6.07, 6.45) is 1.14. The van der Waals surface area contributed by atoms with Crippen molar-refractivity contribution in [2.45, 2.75) is 39.5 Å². The molecule has 0 amide bonds. The number of nitrogens with two attached hydrogens (primary N) is 1. The maximum atomic E-state index is 13.5. The van der Waals surface area contributed by atoms with E-state index in [1.54, 1.807) is 18.4 Å². The van der Waals surface area contributed by atoms with Gasteiger partial charge in [0.15, 0.2) is 5.78 Å². The highest BCUT2D eigenvalue weighted by Crippen LogP contribution is 2.51. The lowest BCUT2D eigenvalue weighted by Crippen LogP contribution is -2.42. The predicted octanol–water partition coefficient (Wildman–Crippen LogP) is 5.77. The highest BCUT2D eigenvalue weighted by atomic mass is 79.9. The number of nitrogens with zero attached hydrogens (tertiary/aromatic N) is 2. The van der Waals surface area contributed by atoms with Gasteiger partial charge in [-0.3, -0.25) is 9.69 Å². The van der Waals surface area contributed by atoms with Crippen LogP contribution in [0.3, 0.4) is 0 Å². The number of methoxy groups -OCH3 is 1. The molecule has 4 rings (SSSR count). The molecule has 1 atom stereocenters. The van der Waals surface area contributed by atoms with E-state index in [0.717, 1.165) is 31.4 Å². The molecular weight excluding hydrogens is 474 g/mol. The summed E-state index contributed by atoms with van der Waals surface area (Å²) in [7, 11) is 1.62. The van der Waals surface area contributed by atoms with Gasteiger partial charge in [-0.05, 0) is 65.0 Å². The SMILES string of the molecule is COc1ccc(N2C(N)=C(C#N)C(c3cc(Br)c(C)s3)C3=C2CC(C)(C)CC3=O)cc1. The van der Waals surface area contributed by atoms with Crippen LogP contribution < -0.4 is 15.4 Å². The molecule has 1 aliphatic heterocycles. The Balaban J connectivity index is 1.97. The molecule has 2 aromatic rings. The number of carbonyl (C=O) groups excluding carboxylic acids is 1. The van der Waals surface area contributed by atoms with Crippen LogP contribution in [0.2, 0.25) is 0 Å². The Labute approximate surface area is 194 Å². The monoisotopic (exact) mass is 497 g/mol. The van der Waals surface area contributed by atoms with Crippen molar-refractivity contribution in [1.29, 1.82) is 5.26 Å². The van der Waals surface area contributed by atoms with E-state index in [1.165, 1.54) is 0 Å². The molecule has 0 saturated heterocycles. The van der Waals surface area contributed by atoms with Crippen molar-refractivity contribution in [3.8, 4) is 11.8 Å². The van der Waals surface area contributed by atoms with Crippen molar-refractivity contribution in [2.24, 2.45) is 11.1 Å². The van der Waals surface area contributed by atoms with E-state index in [-0.39, 0.29) is 11.2 Å². The summed E-state index contributed by atoms with van der Waals surface area (Å²) in [6.45, 7) is 6.22. The molecule has 160 valence electrons. The number of hydrogen-bond acceptors (Lipinski definition) is 6. The summed E-state index contributed by atoms with van der Waals surface area (Å²) in [5.41, 5.74) is 9.25. The topological polar surface area (TPSA) is 79.3 Å². The molecule has 0 fully saturated rings. The fourth-order valence-corrected chi connectivity index (χ4v) is 6.12. The van der Waals surface area contributed by atoms with Gasteiger partial charge >= 0.3 is 0 Å². The van der Waals surface area contributed by atoms with Crippen LogP contribution in [-0.4, -0.2) is 12.9 Å². The fourth-order valence-electron chi connectivity index (χ4n) is 4.44. The molecule has 1 aromatic heterocycles. The molecule has 7 heteroatoms. The number of carbonyl (C=O) groups is 1. The molecular formula is C24H24BrN3O2S. The van der Waals surface area contributed by atoms with Crippen LogP contribution >= 0.6 is 27.3 Å². The molecule has 0 bridgehead atoms. The lowest BCUT2D eigenvalue weighted by Gasteiger charge is -2.43. The number of halogens is 1. The number of nitriles is 1. The molecule has 1 aromatic carbocycles. The van der Waals surface area contributed by atoms with Crippen LogP contribution in [0.15, 0.2) is 57.5 Å². The smallest absolute Gasteiger partial charge is 0.162 e. The van der Waals surface area contributed by atoms with Gasteiger partial charge in [-0.25, -0.2) is 0 Å². The number of aryl methyl sites for hydroxylation is 1. The standard InChI is InChI=1S/C24H24BrN3O2S/c1-13-17(25)9-20(31-13)21-16(12-26)23(27)28(14-5-7-15(30-4)8-6-14)18-10-24(2,3)11-19(29)22(18)21/h5-9,21H,10-11,27H2,1-4H3. The normalized spacial score (nSPS) is 20.6. The molecule has 0 spiro atoms. The Morgan fingerprint density at radius 3 is 2.52 bits per heavy atom. The lowest BCUT2D eigenvalue weighted by atomic mass is 9.69. The quantitative estimate of drug-likeness (QED) is 0.582. The third-order valence-electron chi connectivity index (χ3n) is 5.87. The van der Waals surface area contributed by atoms with Gasteiger partial charge in [0.05, 0.1) is 24.7 Å². The second-order valence-electron chi connectivity index (χ2n) is 8.73. The summed E-state index contributed by atoms with van der Waals surface area (Å²) in [4.78, 5) is 17.4. The van der Waals surface area contributed by atoms with Crippen LogP contribution in [-0.2, 0) is 4.79 Å². The first kappa shape index (κ1) is 21.7. The zero-order valence-corrected chi connectivity index (χ0v) is 20.4. The summed E-state index contributed by atoms with van der Waals surface area (Å²) in [5, 5.41) is 10.1. The first-order valence-electron chi connectivity index (χ1n) is 10.0. The Bertz CT molecular complexity index is 1150. The second kappa shape index (κ2) is 7.85. The Kier molecular flexibility index (Phi) is 5.48. The van der Waals surface area contributed by atoms with Crippen molar-refractivity contribution >= 4 is 38.7 Å². The number of anilines is 1. The first-order valence-corrected chi connectivity index (χ1v) is 11.6. The predicted molar refractivity (Wildman–Crippen MR) is 127 cm³/mol. The van der Waals surface area contributed by atoms with Gasteiger partial charge in [-0.1, -0.05) is 13.8 Å². The minimum atomic E-state index is -0.437. The third-order valence-corrected chi connectivity index (χ3v) is 8.07. The Morgan fingerprint density at radius 1 is 1.29 bits per heavy atom.